The van der Waals surface area contributed by atoms with Gasteiger partial charge in [-0.1, -0.05) is 29.8 Å². The molecule has 0 radical (unpaired) electrons. The number of benzene rings is 2. The van der Waals surface area contributed by atoms with Gasteiger partial charge in [-0.05, 0) is 60.0 Å². The highest BCUT2D eigenvalue weighted by Gasteiger charge is 2.16. The van der Waals surface area contributed by atoms with Gasteiger partial charge in [0, 0.05) is 29.6 Å². The molecule has 3 rings (SSSR count). The average molecular weight is 430 g/mol. The molecule has 0 spiro atoms. The van der Waals surface area contributed by atoms with Gasteiger partial charge in [-0.15, -0.1) is 0 Å². The minimum Gasteiger partial charge on any atom is -0.334 e. The number of nitrogens with one attached hydrogen (secondary N) is 2. The second kappa shape index (κ2) is 9.07. The third kappa shape index (κ3) is 5.79. The summed E-state index contributed by atoms with van der Waals surface area (Å²) in [5.74, 6) is -0.147. The van der Waals surface area contributed by atoms with Crippen molar-refractivity contribution in [2.45, 2.75) is 24.1 Å². The van der Waals surface area contributed by atoms with E-state index in [1.807, 2.05) is 13.0 Å². The fourth-order valence-electron chi connectivity index (χ4n) is 2.63. The monoisotopic (exact) mass is 429 g/mol. The molecular weight excluding hydrogens is 410 g/mol. The Morgan fingerprint density at radius 2 is 1.83 bits per heavy atom. The minimum absolute atomic E-state index is 0.147. The topological polar surface area (TPSA) is 88.2 Å². The van der Waals surface area contributed by atoms with Crippen LogP contribution in [0.2, 0.25) is 5.02 Å². The number of amides is 2. The molecule has 0 aliphatic carbocycles. The molecule has 3 aromatic rings. The van der Waals surface area contributed by atoms with Crippen LogP contribution in [0.1, 0.15) is 16.7 Å². The first-order valence-corrected chi connectivity index (χ1v) is 10.9. The van der Waals surface area contributed by atoms with Gasteiger partial charge in [-0.3, -0.25) is 4.98 Å². The smallest absolute Gasteiger partial charge is 0.319 e. The van der Waals surface area contributed by atoms with Gasteiger partial charge in [0.25, 0.3) is 0 Å². The highest BCUT2D eigenvalue weighted by molar-refractivity contribution is 7.90. The van der Waals surface area contributed by atoms with Crippen molar-refractivity contribution >= 4 is 33.2 Å². The second-order valence-electron chi connectivity index (χ2n) is 6.54. The van der Waals surface area contributed by atoms with Crippen LogP contribution < -0.4 is 10.6 Å². The molecule has 0 saturated heterocycles. The van der Waals surface area contributed by atoms with Gasteiger partial charge in [0.1, 0.15) is 0 Å². The van der Waals surface area contributed by atoms with Crippen LogP contribution in [0.3, 0.4) is 0 Å². The molecule has 6 nitrogen and oxygen atoms in total. The molecule has 0 atom stereocenters. The SMILES string of the molecule is Cc1ccc(CS(=O)(=O)c2ccc(NC(=O)NCc3cccnc3)cc2)cc1Cl. The van der Waals surface area contributed by atoms with E-state index in [1.165, 1.54) is 12.1 Å². The Morgan fingerprint density at radius 3 is 2.48 bits per heavy atom. The summed E-state index contributed by atoms with van der Waals surface area (Å²) in [5, 5.41) is 5.92. The molecule has 0 bridgehead atoms. The molecule has 0 aliphatic rings. The molecule has 0 aliphatic heterocycles. The highest BCUT2D eigenvalue weighted by atomic mass is 35.5. The van der Waals surface area contributed by atoms with E-state index >= 15 is 0 Å². The zero-order valence-electron chi connectivity index (χ0n) is 15.7. The van der Waals surface area contributed by atoms with Crippen LogP contribution in [0.15, 0.2) is 71.9 Å². The predicted molar refractivity (Wildman–Crippen MR) is 114 cm³/mol. The fraction of sp³-hybridized carbons (Fsp3) is 0.143. The zero-order chi connectivity index (χ0) is 20.9. The number of halogens is 1. The predicted octanol–water partition coefficient (Wildman–Crippen LogP) is 4.34. The Kier molecular flexibility index (Phi) is 6.51. The molecule has 2 amide bonds. The van der Waals surface area contributed by atoms with E-state index in [9.17, 15) is 13.2 Å². The van der Waals surface area contributed by atoms with Crippen LogP contribution in [0.4, 0.5) is 10.5 Å². The first-order valence-electron chi connectivity index (χ1n) is 8.85. The van der Waals surface area contributed by atoms with Gasteiger partial charge in [-0.25, -0.2) is 13.2 Å². The summed E-state index contributed by atoms with van der Waals surface area (Å²) >= 11 is 6.08. The van der Waals surface area contributed by atoms with Gasteiger partial charge in [-0.2, -0.15) is 0 Å². The lowest BCUT2D eigenvalue weighted by Gasteiger charge is -2.09. The largest absolute Gasteiger partial charge is 0.334 e. The third-order valence-corrected chi connectivity index (χ3v) is 6.35. The second-order valence-corrected chi connectivity index (χ2v) is 8.93. The summed E-state index contributed by atoms with van der Waals surface area (Å²) in [4.78, 5) is 16.2. The molecule has 0 unspecified atom stereocenters. The maximum absolute atomic E-state index is 12.6. The van der Waals surface area contributed by atoms with E-state index in [0.29, 0.717) is 22.8 Å². The number of anilines is 1. The Balaban J connectivity index is 1.61. The lowest BCUT2D eigenvalue weighted by Crippen LogP contribution is -2.28. The minimum atomic E-state index is -3.53. The summed E-state index contributed by atoms with van der Waals surface area (Å²) in [7, 11) is -3.53. The molecule has 29 heavy (non-hydrogen) atoms. The number of hydrogen-bond acceptors (Lipinski definition) is 4. The van der Waals surface area contributed by atoms with E-state index in [2.05, 4.69) is 15.6 Å². The van der Waals surface area contributed by atoms with Gasteiger partial charge >= 0.3 is 6.03 Å². The summed E-state index contributed by atoms with van der Waals surface area (Å²) in [6, 6.07) is 14.5. The fourth-order valence-corrected chi connectivity index (χ4v) is 4.17. The molecule has 1 heterocycles. The zero-order valence-corrected chi connectivity index (χ0v) is 17.3. The van der Waals surface area contributed by atoms with Gasteiger partial charge in [0.15, 0.2) is 9.84 Å². The van der Waals surface area contributed by atoms with Crippen molar-refractivity contribution in [3.8, 4) is 0 Å². The lowest BCUT2D eigenvalue weighted by molar-refractivity contribution is 0.251. The van der Waals surface area contributed by atoms with Crippen LogP contribution in [0.25, 0.3) is 0 Å². The summed E-state index contributed by atoms with van der Waals surface area (Å²) < 4.78 is 25.3. The van der Waals surface area contributed by atoms with Gasteiger partial charge in [0.05, 0.1) is 10.6 Å². The Labute approximate surface area is 174 Å². The quantitative estimate of drug-likeness (QED) is 0.610. The van der Waals surface area contributed by atoms with E-state index in [1.54, 1.807) is 48.8 Å². The van der Waals surface area contributed by atoms with Crippen molar-refractivity contribution in [1.82, 2.24) is 10.3 Å². The van der Waals surface area contributed by atoms with Crippen molar-refractivity contribution in [3.05, 3.63) is 88.7 Å². The number of hydrogen-bond donors (Lipinski definition) is 2. The molecule has 1 aromatic heterocycles. The van der Waals surface area contributed by atoms with E-state index in [4.69, 9.17) is 11.6 Å². The Morgan fingerprint density at radius 1 is 1.07 bits per heavy atom. The van der Waals surface area contributed by atoms with E-state index in [0.717, 1.165) is 11.1 Å². The lowest BCUT2D eigenvalue weighted by atomic mass is 10.2. The summed E-state index contributed by atoms with van der Waals surface area (Å²) in [6.45, 7) is 2.20. The number of aryl methyl sites for hydroxylation is 1. The summed E-state index contributed by atoms with van der Waals surface area (Å²) in [6.07, 6.45) is 3.33. The van der Waals surface area contributed by atoms with Crippen molar-refractivity contribution in [2.24, 2.45) is 0 Å². The standard InChI is InChI=1S/C21H20ClN3O3S/c1-15-4-5-16(11-20(15)22)14-29(27,28)19-8-6-18(7-9-19)25-21(26)24-13-17-3-2-10-23-12-17/h2-12H,13-14H2,1H3,(H2,24,25,26). The van der Waals surface area contributed by atoms with Crippen LogP contribution in [-0.4, -0.2) is 19.4 Å². The number of rotatable bonds is 6. The van der Waals surface area contributed by atoms with E-state index < -0.39 is 15.9 Å². The first-order chi connectivity index (χ1) is 13.8. The van der Waals surface area contributed by atoms with Crippen molar-refractivity contribution < 1.29 is 13.2 Å². The third-order valence-electron chi connectivity index (χ3n) is 4.24. The molecule has 0 fully saturated rings. The highest BCUT2D eigenvalue weighted by Crippen LogP contribution is 2.22. The molecule has 0 saturated carbocycles. The van der Waals surface area contributed by atoms with Crippen molar-refractivity contribution in [1.29, 1.82) is 0 Å². The maximum Gasteiger partial charge on any atom is 0.319 e. The molecular formula is C21H20ClN3O3S. The average Bonchev–Trinajstić information content (AvgIpc) is 2.70. The van der Waals surface area contributed by atoms with Gasteiger partial charge < -0.3 is 10.6 Å². The number of sulfone groups is 1. The molecule has 2 N–H and O–H groups in total. The van der Waals surface area contributed by atoms with Crippen molar-refractivity contribution in [2.75, 3.05) is 5.32 Å². The number of carbonyl (C=O) groups excluding carboxylic acids is 1. The van der Waals surface area contributed by atoms with Crippen LogP contribution >= 0.6 is 11.6 Å². The van der Waals surface area contributed by atoms with Gasteiger partial charge in [0.2, 0.25) is 0 Å². The van der Waals surface area contributed by atoms with Crippen LogP contribution in [-0.2, 0) is 22.1 Å². The Bertz CT molecular complexity index is 1100. The number of carbonyl (C=O) groups is 1. The van der Waals surface area contributed by atoms with Crippen LogP contribution in [0, 0.1) is 6.92 Å². The number of aromatic nitrogens is 1. The number of nitrogens with zero attached hydrogens (tertiary/aromatic N) is 1. The normalized spacial score (nSPS) is 11.1. The Hall–Kier alpha value is -2.90. The number of pyridine rings is 1. The first kappa shape index (κ1) is 20.8. The maximum atomic E-state index is 12.6. The van der Waals surface area contributed by atoms with E-state index in [-0.39, 0.29) is 10.6 Å². The number of urea groups is 1. The molecule has 8 heteroatoms. The van der Waals surface area contributed by atoms with Crippen LogP contribution in [0.5, 0.6) is 0 Å². The summed E-state index contributed by atoms with van der Waals surface area (Å²) in [5.41, 5.74) is 2.88. The molecule has 2 aromatic carbocycles. The molecule has 150 valence electrons. The van der Waals surface area contributed by atoms with Crippen molar-refractivity contribution in [3.63, 3.8) is 0 Å².